The molecule has 5 heteroatoms. The second-order valence-corrected chi connectivity index (χ2v) is 6.52. The summed E-state index contributed by atoms with van der Waals surface area (Å²) in [6.45, 7) is 8.77. The highest BCUT2D eigenvalue weighted by molar-refractivity contribution is 5.74. The van der Waals surface area contributed by atoms with Crippen LogP contribution in [-0.2, 0) is 6.54 Å². The van der Waals surface area contributed by atoms with Gasteiger partial charge in [0.25, 0.3) is 0 Å². The van der Waals surface area contributed by atoms with Crippen LogP contribution in [0.1, 0.15) is 32.8 Å². The summed E-state index contributed by atoms with van der Waals surface area (Å²) < 4.78 is 0. The van der Waals surface area contributed by atoms with Crippen molar-refractivity contribution in [3.05, 3.63) is 35.9 Å². The molecule has 1 saturated heterocycles. The minimum absolute atomic E-state index is 0.0245. The van der Waals surface area contributed by atoms with Gasteiger partial charge in [-0.05, 0) is 32.8 Å². The summed E-state index contributed by atoms with van der Waals surface area (Å²) in [5.41, 5.74) is 1.23. The van der Waals surface area contributed by atoms with E-state index in [4.69, 9.17) is 0 Å². The quantitative estimate of drug-likeness (QED) is 0.844. The van der Waals surface area contributed by atoms with Gasteiger partial charge in [0.2, 0.25) is 0 Å². The minimum atomic E-state index is -0.312. The largest absolute Gasteiger partial charge is 0.392 e. The van der Waals surface area contributed by atoms with Gasteiger partial charge in [0.15, 0.2) is 0 Å². The Morgan fingerprint density at radius 1 is 1.39 bits per heavy atom. The average Bonchev–Trinajstić information content (AvgIpc) is 2.86. The van der Waals surface area contributed by atoms with Gasteiger partial charge in [-0.2, -0.15) is 0 Å². The maximum atomic E-state index is 12.3. The van der Waals surface area contributed by atoms with Gasteiger partial charge in [0.1, 0.15) is 0 Å². The van der Waals surface area contributed by atoms with Crippen LogP contribution in [0.2, 0.25) is 0 Å². The number of amides is 2. The molecule has 1 aromatic carbocycles. The monoisotopic (exact) mass is 319 g/mol. The van der Waals surface area contributed by atoms with E-state index in [0.29, 0.717) is 26.1 Å². The molecule has 1 aliphatic rings. The molecular weight excluding hydrogens is 290 g/mol. The topological polar surface area (TPSA) is 55.8 Å². The summed E-state index contributed by atoms with van der Waals surface area (Å²) in [6, 6.07) is 10.6. The van der Waals surface area contributed by atoms with Gasteiger partial charge in [-0.1, -0.05) is 30.3 Å². The van der Waals surface area contributed by atoms with E-state index in [1.54, 1.807) is 0 Å². The Balaban J connectivity index is 1.91. The summed E-state index contributed by atoms with van der Waals surface area (Å²) in [7, 11) is 0. The smallest absolute Gasteiger partial charge is 0.317 e. The van der Waals surface area contributed by atoms with E-state index in [0.717, 1.165) is 6.54 Å². The number of nitrogens with one attached hydrogen (secondary N) is 1. The van der Waals surface area contributed by atoms with Crippen molar-refractivity contribution in [2.45, 2.75) is 51.9 Å². The van der Waals surface area contributed by atoms with E-state index < -0.39 is 0 Å². The molecule has 2 rings (SSSR count). The first kappa shape index (κ1) is 17.8. The number of hydrogen-bond acceptors (Lipinski definition) is 3. The van der Waals surface area contributed by atoms with E-state index in [1.807, 2.05) is 43.9 Å². The summed E-state index contributed by atoms with van der Waals surface area (Å²) in [4.78, 5) is 16.3. The first-order valence-electron chi connectivity index (χ1n) is 8.51. The number of aliphatic hydroxyl groups is 1. The summed E-state index contributed by atoms with van der Waals surface area (Å²) in [5.74, 6) is 0. The zero-order chi connectivity index (χ0) is 16.8. The van der Waals surface area contributed by atoms with Gasteiger partial charge in [-0.3, -0.25) is 4.90 Å². The molecule has 0 radical (unpaired) electrons. The normalized spacial score (nSPS) is 21.6. The molecule has 1 aliphatic heterocycles. The van der Waals surface area contributed by atoms with Crippen molar-refractivity contribution in [2.24, 2.45) is 0 Å². The number of rotatable bonds is 6. The van der Waals surface area contributed by atoms with Gasteiger partial charge in [0, 0.05) is 38.3 Å². The lowest BCUT2D eigenvalue weighted by Gasteiger charge is -2.28. The van der Waals surface area contributed by atoms with Crippen molar-refractivity contribution in [3.63, 3.8) is 0 Å². The van der Waals surface area contributed by atoms with Crippen LogP contribution in [-0.4, -0.2) is 58.8 Å². The molecular formula is C18H29N3O2. The molecule has 1 fully saturated rings. The standard InChI is InChI=1S/C18H29N3O2/c1-4-21(14(2)3)18(23)19-11-16-10-17(22)13-20(16)12-15-8-6-5-7-9-15/h5-9,14,16-17,22H,4,10-13H2,1-3H3,(H,19,23)/t16-,17+/m0/s1. The Morgan fingerprint density at radius 2 is 2.09 bits per heavy atom. The number of nitrogens with zero attached hydrogens (tertiary/aromatic N) is 2. The van der Waals surface area contributed by atoms with Gasteiger partial charge in [-0.15, -0.1) is 0 Å². The van der Waals surface area contributed by atoms with Crippen molar-refractivity contribution < 1.29 is 9.90 Å². The van der Waals surface area contributed by atoms with Crippen molar-refractivity contribution in [1.82, 2.24) is 15.1 Å². The Hall–Kier alpha value is -1.59. The fraction of sp³-hybridized carbons (Fsp3) is 0.611. The van der Waals surface area contributed by atoms with Gasteiger partial charge < -0.3 is 15.3 Å². The number of carbonyl (C=O) groups excluding carboxylic acids is 1. The van der Waals surface area contributed by atoms with Crippen LogP contribution in [0.5, 0.6) is 0 Å². The molecule has 2 N–H and O–H groups in total. The van der Waals surface area contributed by atoms with Crippen molar-refractivity contribution >= 4 is 6.03 Å². The molecule has 2 atom stereocenters. The second kappa shape index (κ2) is 8.31. The summed E-state index contributed by atoms with van der Waals surface area (Å²) in [5, 5.41) is 13.0. The lowest BCUT2D eigenvalue weighted by molar-refractivity contribution is 0.170. The Kier molecular flexibility index (Phi) is 6.42. The van der Waals surface area contributed by atoms with Crippen molar-refractivity contribution in [3.8, 4) is 0 Å². The lowest BCUT2D eigenvalue weighted by atomic mass is 10.1. The predicted octanol–water partition coefficient (Wildman–Crippen LogP) is 2.06. The fourth-order valence-corrected chi connectivity index (χ4v) is 3.23. The molecule has 1 heterocycles. The third-order valence-corrected chi connectivity index (χ3v) is 4.45. The lowest BCUT2D eigenvalue weighted by Crippen LogP contribution is -2.47. The number of likely N-dealkylation sites (tertiary alicyclic amines) is 1. The molecule has 0 saturated carbocycles. The van der Waals surface area contributed by atoms with E-state index in [9.17, 15) is 9.90 Å². The Bertz CT molecular complexity index is 492. The van der Waals surface area contributed by atoms with E-state index in [1.165, 1.54) is 5.56 Å². The van der Waals surface area contributed by atoms with Crippen LogP contribution in [0.15, 0.2) is 30.3 Å². The molecule has 5 nitrogen and oxygen atoms in total. The number of carbonyl (C=O) groups is 1. The summed E-state index contributed by atoms with van der Waals surface area (Å²) in [6.07, 6.45) is 0.397. The highest BCUT2D eigenvalue weighted by Crippen LogP contribution is 2.20. The van der Waals surface area contributed by atoms with Crippen LogP contribution in [0.4, 0.5) is 4.79 Å². The molecule has 1 aromatic rings. The SMILES string of the molecule is CCN(C(=O)NC[C@@H]1C[C@@H](O)CN1Cc1ccccc1)C(C)C. The van der Waals surface area contributed by atoms with Crippen LogP contribution in [0.25, 0.3) is 0 Å². The predicted molar refractivity (Wildman–Crippen MR) is 92.2 cm³/mol. The van der Waals surface area contributed by atoms with Crippen LogP contribution >= 0.6 is 0 Å². The van der Waals surface area contributed by atoms with Crippen molar-refractivity contribution in [2.75, 3.05) is 19.6 Å². The zero-order valence-electron chi connectivity index (χ0n) is 14.4. The maximum Gasteiger partial charge on any atom is 0.317 e. The molecule has 23 heavy (non-hydrogen) atoms. The second-order valence-electron chi connectivity index (χ2n) is 6.52. The zero-order valence-corrected chi connectivity index (χ0v) is 14.4. The van der Waals surface area contributed by atoms with Crippen LogP contribution in [0.3, 0.4) is 0 Å². The molecule has 128 valence electrons. The molecule has 0 aromatic heterocycles. The van der Waals surface area contributed by atoms with Crippen LogP contribution in [0, 0.1) is 0 Å². The number of hydrogen-bond donors (Lipinski definition) is 2. The minimum Gasteiger partial charge on any atom is -0.392 e. The highest BCUT2D eigenvalue weighted by Gasteiger charge is 2.31. The van der Waals surface area contributed by atoms with Gasteiger partial charge in [0.05, 0.1) is 6.10 Å². The van der Waals surface area contributed by atoms with Crippen LogP contribution < -0.4 is 5.32 Å². The summed E-state index contributed by atoms with van der Waals surface area (Å²) >= 11 is 0. The van der Waals surface area contributed by atoms with Crippen molar-refractivity contribution in [1.29, 1.82) is 0 Å². The third kappa shape index (κ3) is 4.94. The fourth-order valence-electron chi connectivity index (χ4n) is 3.23. The third-order valence-electron chi connectivity index (χ3n) is 4.45. The first-order chi connectivity index (χ1) is 11.0. The average molecular weight is 319 g/mol. The Labute approximate surface area is 139 Å². The maximum absolute atomic E-state index is 12.3. The molecule has 2 amide bonds. The number of benzene rings is 1. The number of urea groups is 1. The molecule has 0 unspecified atom stereocenters. The number of β-amino-alcohol motifs (C(OH)–C–C–N with tert-alkyl or cyclic N) is 1. The highest BCUT2D eigenvalue weighted by atomic mass is 16.3. The van der Waals surface area contributed by atoms with E-state index >= 15 is 0 Å². The molecule has 0 aliphatic carbocycles. The molecule has 0 bridgehead atoms. The first-order valence-corrected chi connectivity index (χ1v) is 8.51. The van der Waals surface area contributed by atoms with E-state index in [2.05, 4.69) is 22.3 Å². The molecule has 0 spiro atoms. The van der Waals surface area contributed by atoms with E-state index in [-0.39, 0.29) is 24.2 Å². The number of aliphatic hydroxyl groups excluding tert-OH is 1. The van der Waals surface area contributed by atoms with Gasteiger partial charge in [-0.25, -0.2) is 4.79 Å². The van der Waals surface area contributed by atoms with Gasteiger partial charge >= 0.3 is 6.03 Å². The Morgan fingerprint density at radius 3 is 2.70 bits per heavy atom.